The van der Waals surface area contributed by atoms with Crippen LogP contribution in [0.5, 0.6) is 5.75 Å². The minimum atomic E-state index is 0.0148. The lowest BCUT2D eigenvalue weighted by molar-refractivity contribution is 0.0994. The number of aryl methyl sites for hydroxylation is 1. The van der Waals surface area contributed by atoms with Crippen molar-refractivity contribution in [2.45, 2.75) is 19.8 Å². The van der Waals surface area contributed by atoms with Crippen molar-refractivity contribution in [2.24, 2.45) is 0 Å². The van der Waals surface area contributed by atoms with Crippen LogP contribution >= 0.6 is 0 Å². The summed E-state index contributed by atoms with van der Waals surface area (Å²) in [5, 5.41) is 18.5. The van der Waals surface area contributed by atoms with E-state index in [1.807, 2.05) is 6.07 Å². The summed E-state index contributed by atoms with van der Waals surface area (Å²) in [6.45, 7) is 1.70. The number of ketones is 1. The van der Waals surface area contributed by atoms with Gasteiger partial charge >= 0.3 is 0 Å². The van der Waals surface area contributed by atoms with E-state index in [4.69, 9.17) is 5.26 Å². The number of fused-ring (bicyclic) bond motifs is 1. The van der Waals surface area contributed by atoms with Gasteiger partial charge in [-0.25, -0.2) is 0 Å². The third-order valence-electron chi connectivity index (χ3n) is 2.61. The third kappa shape index (κ3) is 1.01. The van der Waals surface area contributed by atoms with E-state index >= 15 is 0 Å². The fraction of sp³-hybridized carbons (Fsp3) is 0.273. The van der Waals surface area contributed by atoms with E-state index in [1.165, 1.54) is 0 Å². The molecule has 0 heterocycles. The van der Waals surface area contributed by atoms with E-state index in [9.17, 15) is 9.90 Å². The Kier molecular flexibility index (Phi) is 1.78. The summed E-state index contributed by atoms with van der Waals surface area (Å²) in [4.78, 5) is 11.4. The molecule has 0 aliphatic heterocycles. The maximum Gasteiger partial charge on any atom is 0.163 e. The number of carbonyl (C=O) groups is 1. The lowest BCUT2D eigenvalue weighted by Gasteiger charge is -2.06. The van der Waals surface area contributed by atoms with Gasteiger partial charge in [-0.2, -0.15) is 5.26 Å². The van der Waals surface area contributed by atoms with E-state index in [0.717, 1.165) is 0 Å². The first-order valence-electron chi connectivity index (χ1n) is 4.44. The van der Waals surface area contributed by atoms with Crippen molar-refractivity contribution in [1.82, 2.24) is 0 Å². The molecule has 0 spiro atoms. The molecule has 0 bridgehead atoms. The Morgan fingerprint density at radius 2 is 2.21 bits per heavy atom. The monoisotopic (exact) mass is 187 g/mol. The summed E-state index contributed by atoms with van der Waals surface area (Å²) in [5.41, 5.74) is 2.18. The second kappa shape index (κ2) is 2.85. The van der Waals surface area contributed by atoms with Crippen molar-refractivity contribution < 1.29 is 9.90 Å². The maximum absolute atomic E-state index is 11.4. The van der Waals surface area contributed by atoms with Gasteiger partial charge in [0.2, 0.25) is 0 Å². The fourth-order valence-electron chi connectivity index (χ4n) is 1.85. The fourth-order valence-corrected chi connectivity index (χ4v) is 1.85. The number of hydrogen-bond donors (Lipinski definition) is 1. The first-order valence-corrected chi connectivity index (χ1v) is 4.44. The summed E-state index contributed by atoms with van der Waals surface area (Å²) < 4.78 is 0. The Balaban J connectivity index is 2.79. The highest BCUT2D eigenvalue weighted by Gasteiger charge is 2.25. The van der Waals surface area contributed by atoms with E-state index in [0.29, 0.717) is 29.5 Å². The van der Waals surface area contributed by atoms with Gasteiger partial charge in [0.15, 0.2) is 5.78 Å². The number of aromatic hydroxyl groups is 1. The summed E-state index contributed by atoms with van der Waals surface area (Å²) in [6.07, 6.45) is 1.03. The molecule has 1 aromatic carbocycles. The Morgan fingerprint density at radius 3 is 2.86 bits per heavy atom. The topological polar surface area (TPSA) is 61.1 Å². The average Bonchev–Trinajstić information content (AvgIpc) is 2.51. The van der Waals surface area contributed by atoms with Crippen LogP contribution in [0, 0.1) is 18.3 Å². The minimum absolute atomic E-state index is 0.0148. The number of phenols is 1. The molecule has 0 amide bonds. The van der Waals surface area contributed by atoms with Gasteiger partial charge in [-0.3, -0.25) is 4.79 Å². The van der Waals surface area contributed by atoms with Crippen LogP contribution in [-0.4, -0.2) is 10.9 Å². The van der Waals surface area contributed by atoms with Crippen molar-refractivity contribution in [3.05, 3.63) is 28.3 Å². The van der Waals surface area contributed by atoms with Crippen LogP contribution in [0.1, 0.15) is 33.5 Å². The number of carbonyl (C=O) groups excluding carboxylic acids is 1. The van der Waals surface area contributed by atoms with E-state index in [1.54, 1.807) is 13.0 Å². The molecule has 0 saturated carbocycles. The molecule has 70 valence electrons. The second-order valence-corrected chi connectivity index (χ2v) is 3.48. The predicted molar refractivity (Wildman–Crippen MR) is 50.2 cm³/mol. The molecule has 3 nitrogen and oxygen atoms in total. The van der Waals surface area contributed by atoms with Gasteiger partial charge in [0, 0.05) is 12.0 Å². The van der Waals surface area contributed by atoms with Crippen LogP contribution in [0.4, 0.5) is 0 Å². The van der Waals surface area contributed by atoms with Crippen LogP contribution in [-0.2, 0) is 6.42 Å². The number of phenolic OH excluding ortho intramolecular Hbond substituents is 1. The summed E-state index contributed by atoms with van der Waals surface area (Å²) in [6, 6.07) is 3.62. The molecule has 0 unspecified atom stereocenters. The number of rotatable bonds is 0. The molecule has 1 aliphatic carbocycles. The van der Waals surface area contributed by atoms with E-state index in [2.05, 4.69) is 0 Å². The van der Waals surface area contributed by atoms with E-state index in [-0.39, 0.29) is 17.1 Å². The molecule has 1 aliphatic rings. The second-order valence-electron chi connectivity index (χ2n) is 3.48. The molecule has 1 N–H and O–H groups in total. The summed E-state index contributed by atoms with van der Waals surface area (Å²) >= 11 is 0. The van der Waals surface area contributed by atoms with Crippen molar-refractivity contribution >= 4 is 5.78 Å². The molecular weight excluding hydrogens is 178 g/mol. The summed E-state index contributed by atoms with van der Waals surface area (Å²) in [5.74, 6) is 0.0838. The van der Waals surface area contributed by atoms with Gasteiger partial charge in [0.05, 0.1) is 5.56 Å². The Bertz CT molecular complexity index is 469. The maximum atomic E-state index is 11.4. The highest BCUT2D eigenvalue weighted by Crippen LogP contribution is 2.33. The molecule has 0 aromatic heterocycles. The predicted octanol–water partition coefficient (Wildman–Crippen LogP) is 1.70. The van der Waals surface area contributed by atoms with Crippen LogP contribution in [0.3, 0.4) is 0 Å². The lowest BCUT2D eigenvalue weighted by atomic mass is 9.99. The molecule has 0 fully saturated rings. The zero-order valence-electron chi connectivity index (χ0n) is 7.79. The van der Waals surface area contributed by atoms with Crippen molar-refractivity contribution in [3.8, 4) is 11.8 Å². The van der Waals surface area contributed by atoms with E-state index < -0.39 is 0 Å². The number of nitrogens with zero attached hydrogens (tertiary/aromatic N) is 1. The standard InChI is InChI=1S/C11H9NO2/c1-6-4-8-7(2-3-10(8)13)9(5-12)11(6)14/h4,14H,2-3H2,1H3. The molecule has 0 radical (unpaired) electrons. The quantitative estimate of drug-likeness (QED) is 0.672. The average molecular weight is 187 g/mol. The lowest BCUT2D eigenvalue weighted by Crippen LogP contribution is -1.95. The van der Waals surface area contributed by atoms with Crippen LogP contribution in [0.15, 0.2) is 6.07 Å². The molecule has 2 rings (SSSR count). The van der Waals surface area contributed by atoms with Gasteiger partial charge in [-0.05, 0) is 30.5 Å². The van der Waals surface area contributed by atoms with Crippen LogP contribution in [0.25, 0.3) is 0 Å². The first-order chi connectivity index (χ1) is 6.65. The van der Waals surface area contributed by atoms with Crippen LogP contribution in [0.2, 0.25) is 0 Å². The zero-order chi connectivity index (χ0) is 10.3. The first kappa shape index (κ1) is 8.76. The molecular formula is C11H9NO2. The largest absolute Gasteiger partial charge is 0.506 e. The van der Waals surface area contributed by atoms with Gasteiger partial charge in [-0.1, -0.05) is 0 Å². The molecule has 0 atom stereocenters. The molecule has 3 heteroatoms. The summed E-state index contributed by atoms with van der Waals surface area (Å²) in [7, 11) is 0. The number of Topliss-reactive ketones (excluding diaryl/α,β-unsaturated/α-hetero) is 1. The SMILES string of the molecule is Cc1cc2c(c(C#N)c1O)CCC2=O. The normalized spacial score (nSPS) is 13.9. The Morgan fingerprint density at radius 1 is 1.50 bits per heavy atom. The highest BCUT2D eigenvalue weighted by atomic mass is 16.3. The molecule has 1 aromatic rings. The zero-order valence-corrected chi connectivity index (χ0v) is 7.79. The number of nitriles is 1. The van der Waals surface area contributed by atoms with Gasteiger partial charge in [0.25, 0.3) is 0 Å². The third-order valence-corrected chi connectivity index (χ3v) is 2.61. The van der Waals surface area contributed by atoms with Gasteiger partial charge in [0.1, 0.15) is 11.8 Å². The Hall–Kier alpha value is -1.82. The molecule has 14 heavy (non-hydrogen) atoms. The highest BCUT2D eigenvalue weighted by molar-refractivity contribution is 6.01. The van der Waals surface area contributed by atoms with Crippen molar-refractivity contribution in [3.63, 3.8) is 0 Å². The van der Waals surface area contributed by atoms with Crippen LogP contribution < -0.4 is 0 Å². The van der Waals surface area contributed by atoms with Crippen molar-refractivity contribution in [2.75, 3.05) is 0 Å². The smallest absolute Gasteiger partial charge is 0.163 e. The van der Waals surface area contributed by atoms with Gasteiger partial charge in [-0.15, -0.1) is 0 Å². The number of benzene rings is 1. The Labute approximate surface area is 81.6 Å². The van der Waals surface area contributed by atoms with Gasteiger partial charge < -0.3 is 5.11 Å². The molecule has 0 saturated heterocycles. The number of hydrogen-bond acceptors (Lipinski definition) is 3. The minimum Gasteiger partial charge on any atom is -0.506 e. The van der Waals surface area contributed by atoms with Crippen molar-refractivity contribution in [1.29, 1.82) is 5.26 Å².